The zero-order chi connectivity index (χ0) is 14.7. The molecule has 0 spiro atoms. The Bertz CT molecular complexity index is 625. The first kappa shape index (κ1) is 13.5. The second-order valence-electron chi connectivity index (χ2n) is 4.01. The van der Waals surface area contributed by atoms with Gasteiger partial charge in [-0.2, -0.15) is 5.10 Å². The van der Waals surface area contributed by atoms with Crippen molar-refractivity contribution in [2.24, 2.45) is 5.10 Å². The molecule has 9 nitrogen and oxygen atoms in total. The summed E-state index contributed by atoms with van der Waals surface area (Å²) in [5.74, 6) is -1.29. The van der Waals surface area contributed by atoms with E-state index < -0.39 is 16.6 Å². The second-order valence-corrected chi connectivity index (χ2v) is 4.01. The van der Waals surface area contributed by atoms with E-state index in [0.29, 0.717) is 0 Å². The number of phenols is 1. The van der Waals surface area contributed by atoms with Crippen molar-refractivity contribution in [3.8, 4) is 5.75 Å². The summed E-state index contributed by atoms with van der Waals surface area (Å²) in [6.45, 7) is 0. The summed E-state index contributed by atoms with van der Waals surface area (Å²) in [5, 5.41) is 26.1. The van der Waals surface area contributed by atoms with E-state index >= 15 is 0 Å². The molecule has 1 aliphatic rings. The summed E-state index contributed by atoms with van der Waals surface area (Å²) in [7, 11) is 0. The van der Waals surface area contributed by atoms with Crippen LogP contribution in [0.5, 0.6) is 5.75 Å². The molecule has 1 aromatic rings. The van der Waals surface area contributed by atoms with Crippen molar-refractivity contribution in [2.45, 2.75) is 12.8 Å². The molecule has 2 rings (SSSR count). The van der Waals surface area contributed by atoms with Crippen molar-refractivity contribution in [1.82, 2.24) is 5.43 Å². The monoisotopic (exact) mass is 278 g/mol. The van der Waals surface area contributed by atoms with Crippen LogP contribution in [0.2, 0.25) is 0 Å². The Kier molecular flexibility index (Phi) is 3.60. The van der Waals surface area contributed by atoms with Gasteiger partial charge in [0, 0.05) is 18.9 Å². The van der Waals surface area contributed by atoms with Crippen molar-refractivity contribution >= 4 is 28.9 Å². The molecular weight excluding hydrogens is 268 g/mol. The Morgan fingerprint density at radius 2 is 2.20 bits per heavy atom. The Hall–Kier alpha value is -2.97. The fraction of sp³-hybridized carbons (Fsp3) is 0.182. The summed E-state index contributed by atoms with van der Waals surface area (Å²) in [4.78, 5) is 32.6. The highest BCUT2D eigenvalue weighted by Crippen LogP contribution is 2.27. The molecule has 0 saturated heterocycles. The first-order chi connectivity index (χ1) is 9.47. The Balaban J connectivity index is 2.12. The molecule has 0 radical (unpaired) electrons. The number of anilines is 1. The molecule has 1 aliphatic heterocycles. The van der Waals surface area contributed by atoms with Gasteiger partial charge in [0.1, 0.15) is 11.5 Å². The van der Waals surface area contributed by atoms with Gasteiger partial charge in [-0.1, -0.05) is 0 Å². The smallest absolute Gasteiger partial charge is 0.273 e. The third-order valence-corrected chi connectivity index (χ3v) is 2.61. The third kappa shape index (κ3) is 2.88. The van der Waals surface area contributed by atoms with Crippen LogP contribution >= 0.6 is 0 Å². The van der Waals surface area contributed by atoms with E-state index in [1.807, 2.05) is 0 Å². The molecule has 1 heterocycles. The number of phenolic OH excluding ortho intramolecular Hbond substituents is 1. The van der Waals surface area contributed by atoms with Crippen molar-refractivity contribution in [2.75, 3.05) is 5.32 Å². The van der Waals surface area contributed by atoms with Crippen molar-refractivity contribution in [3.63, 3.8) is 0 Å². The maximum absolute atomic E-state index is 11.8. The largest absolute Gasteiger partial charge is 0.506 e. The van der Waals surface area contributed by atoms with Gasteiger partial charge in [0.05, 0.1) is 16.7 Å². The van der Waals surface area contributed by atoms with E-state index in [2.05, 4.69) is 15.8 Å². The molecule has 0 atom stereocenters. The van der Waals surface area contributed by atoms with E-state index in [1.54, 1.807) is 0 Å². The van der Waals surface area contributed by atoms with E-state index in [1.165, 1.54) is 6.07 Å². The van der Waals surface area contributed by atoms with Gasteiger partial charge < -0.3 is 10.4 Å². The molecule has 9 heteroatoms. The first-order valence-corrected chi connectivity index (χ1v) is 5.61. The predicted octanol–water partition coefficient (Wildman–Crippen LogP) is 0.505. The number of hydrogen-bond donors (Lipinski definition) is 3. The van der Waals surface area contributed by atoms with Crippen molar-refractivity contribution in [3.05, 3.63) is 28.3 Å². The van der Waals surface area contributed by atoms with Gasteiger partial charge in [0.15, 0.2) is 0 Å². The van der Waals surface area contributed by atoms with Crippen molar-refractivity contribution in [1.29, 1.82) is 0 Å². The Labute approximate surface area is 112 Å². The normalized spacial score (nSPS) is 14.2. The summed E-state index contributed by atoms with van der Waals surface area (Å²) in [6.07, 6.45) is 0.337. The number of benzene rings is 1. The lowest BCUT2D eigenvalue weighted by molar-refractivity contribution is -0.384. The highest BCUT2D eigenvalue weighted by molar-refractivity contribution is 6.43. The average molecular weight is 278 g/mol. The zero-order valence-corrected chi connectivity index (χ0v) is 10.1. The minimum absolute atomic E-state index is 0.0280. The van der Waals surface area contributed by atoms with Crippen molar-refractivity contribution < 1.29 is 19.6 Å². The molecule has 104 valence electrons. The van der Waals surface area contributed by atoms with E-state index in [-0.39, 0.29) is 35.8 Å². The summed E-state index contributed by atoms with van der Waals surface area (Å²) >= 11 is 0. The van der Waals surface area contributed by atoms with Crippen LogP contribution in [-0.4, -0.2) is 27.6 Å². The number of carbonyl (C=O) groups is 2. The summed E-state index contributed by atoms with van der Waals surface area (Å²) < 4.78 is 0. The van der Waals surface area contributed by atoms with Crippen LogP contribution in [0.15, 0.2) is 23.3 Å². The number of rotatable bonds is 3. The van der Waals surface area contributed by atoms with E-state index in [9.17, 15) is 24.8 Å². The molecule has 0 fully saturated rings. The van der Waals surface area contributed by atoms with Crippen LogP contribution in [-0.2, 0) is 9.59 Å². The lowest BCUT2D eigenvalue weighted by Gasteiger charge is -2.12. The molecule has 0 aromatic heterocycles. The molecule has 0 unspecified atom stereocenters. The summed E-state index contributed by atoms with van der Waals surface area (Å²) in [6, 6.07) is 3.30. The number of nitrogens with one attached hydrogen (secondary N) is 2. The minimum atomic E-state index is -0.661. The highest BCUT2D eigenvalue weighted by Gasteiger charge is 2.20. The number of hydrogen-bond acceptors (Lipinski definition) is 6. The molecule has 1 aromatic carbocycles. The molecule has 0 saturated carbocycles. The fourth-order valence-electron chi connectivity index (χ4n) is 1.57. The fourth-order valence-corrected chi connectivity index (χ4v) is 1.57. The van der Waals surface area contributed by atoms with Gasteiger partial charge in [-0.25, -0.2) is 5.43 Å². The number of amides is 2. The molecule has 0 bridgehead atoms. The van der Waals surface area contributed by atoms with Gasteiger partial charge in [0.2, 0.25) is 5.91 Å². The maximum atomic E-state index is 11.8. The highest BCUT2D eigenvalue weighted by atomic mass is 16.6. The molecule has 3 N–H and O–H groups in total. The molecule has 2 amide bonds. The lowest BCUT2D eigenvalue weighted by atomic mass is 10.1. The quantitative estimate of drug-likeness (QED) is 0.420. The third-order valence-electron chi connectivity index (χ3n) is 2.61. The van der Waals surface area contributed by atoms with Gasteiger partial charge >= 0.3 is 0 Å². The second kappa shape index (κ2) is 5.34. The lowest BCUT2D eigenvalue weighted by Crippen LogP contribution is -2.32. The first-order valence-electron chi connectivity index (χ1n) is 5.61. The van der Waals surface area contributed by atoms with Gasteiger partial charge in [-0.3, -0.25) is 19.7 Å². The predicted molar refractivity (Wildman–Crippen MR) is 68.2 cm³/mol. The van der Waals surface area contributed by atoms with Crippen LogP contribution in [0.1, 0.15) is 12.8 Å². The number of aromatic hydroxyl groups is 1. The number of non-ortho nitro benzene ring substituents is 1. The molecule has 20 heavy (non-hydrogen) atoms. The topological polar surface area (TPSA) is 134 Å². The Morgan fingerprint density at radius 3 is 2.75 bits per heavy atom. The molecule has 0 aliphatic carbocycles. The van der Waals surface area contributed by atoms with E-state index in [4.69, 9.17) is 0 Å². The molecular formula is C11H10N4O5. The van der Waals surface area contributed by atoms with Gasteiger partial charge in [-0.05, 0) is 6.07 Å². The van der Waals surface area contributed by atoms with Gasteiger partial charge in [0.25, 0.3) is 11.6 Å². The van der Waals surface area contributed by atoms with Crippen LogP contribution in [0, 0.1) is 10.1 Å². The number of carbonyl (C=O) groups excluding carboxylic acids is 2. The zero-order valence-electron chi connectivity index (χ0n) is 10.1. The number of nitro benzene ring substituents is 1. The SMILES string of the molecule is O=C1CCC(C(=O)Nc2ccc([N+](=O)[O-])cc2O)=NN1. The summed E-state index contributed by atoms with van der Waals surface area (Å²) in [5.41, 5.74) is 2.03. The van der Waals surface area contributed by atoms with Gasteiger partial charge in [-0.15, -0.1) is 0 Å². The maximum Gasteiger partial charge on any atom is 0.273 e. The van der Waals surface area contributed by atoms with Crippen LogP contribution in [0.3, 0.4) is 0 Å². The number of nitro groups is 1. The average Bonchev–Trinajstić information content (AvgIpc) is 2.41. The Morgan fingerprint density at radius 1 is 1.45 bits per heavy atom. The van der Waals surface area contributed by atoms with Crippen LogP contribution in [0.4, 0.5) is 11.4 Å². The van der Waals surface area contributed by atoms with Crippen LogP contribution in [0.25, 0.3) is 0 Å². The minimum Gasteiger partial charge on any atom is -0.506 e. The standard InChI is InChI=1S/C11H10N4O5/c16-9-5-6(15(19)20)1-2-7(9)12-11(18)8-3-4-10(17)14-13-8/h1-2,5,16H,3-4H2,(H,12,18)(H,14,17). The number of hydrazone groups is 1. The van der Waals surface area contributed by atoms with E-state index in [0.717, 1.165) is 12.1 Å². The van der Waals surface area contributed by atoms with Crippen LogP contribution < -0.4 is 10.7 Å². The number of nitrogens with zero attached hydrogens (tertiary/aromatic N) is 2.